The largest absolute Gasteiger partial charge is 0.383 e. The van der Waals surface area contributed by atoms with Gasteiger partial charge in [-0.15, -0.1) is 0 Å². The molecule has 0 radical (unpaired) electrons. The molecule has 0 aliphatic carbocycles. The maximum absolute atomic E-state index is 12.0. The second kappa shape index (κ2) is 9.55. The number of benzene rings is 2. The highest BCUT2D eigenvalue weighted by Crippen LogP contribution is 2.19. The van der Waals surface area contributed by atoms with Crippen molar-refractivity contribution in [1.82, 2.24) is 4.90 Å². The van der Waals surface area contributed by atoms with Gasteiger partial charge in [0.25, 0.3) is 5.91 Å². The van der Waals surface area contributed by atoms with Crippen LogP contribution in [0.15, 0.2) is 66.9 Å². The van der Waals surface area contributed by atoms with E-state index in [9.17, 15) is 9.90 Å². The molecule has 6 nitrogen and oxygen atoms in total. The number of amides is 1. The van der Waals surface area contributed by atoms with E-state index in [1.54, 1.807) is 12.1 Å². The molecule has 0 fully saturated rings. The van der Waals surface area contributed by atoms with E-state index in [0.29, 0.717) is 11.3 Å². The SMILES string of the molecule is C=C(Nc1ccccc1C#Cc1ccccc1)C(O)C(OO)C(=O)N(C)C. The van der Waals surface area contributed by atoms with Crippen molar-refractivity contribution in [2.75, 3.05) is 19.4 Å². The van der Waals surface area contributed by atoms with Crippen LogP contribution < -0.4 is 5.32 Å². The molecule has 0 saturated carbocycles. The second-order valence-electron chi connectivity index (χ2n) is 6.02. The Bertz CT molecular complexity index is 853. The van der Waals surface area contributed by atoms with Gasteiger partial charge in [-0.05, 0) is 24.3 Å². The van der Waals surface area contributed by atoms with E-state index in [0.717, 1.165) is 5.56 Å². The summed E-state index contributed by atoms with van der Waals surface area (Å²) in [7, 11) is 2.98. The molecule has 0 spiro atoms. The van der Waals surface area contributed by atoms with Crippen LogP contribution in [0.1, 0.15) is 11.1 Å². The number of rotatable bonds is 6. The van der Waals surface area contributed by atoms with Gasteiger partial charge in [0.15, 0.2) is 0 Å². The van der Waals surface area contributed by atoms with E-state index in [1.165, 1.54) is 19.0 Å². The lowest BCUT2D eigenvalue weighted by atomic mass is 10.1. The molecule has 0 aliphatic heterocycles. The van der Waals surface area contributed by atoms with Crippen molar-refractivity contribution >= 4 is 11.6 Å². The molecule has 0 aromatic heterocycles. The van der Waals surface area contributed by atoms with E-state index in [1.807, 2.05) is 42.5 Å². The first-order chi connectivity index (χ1) is 12.9. The van der Waals surface area contributed by atoms with Gasteiger partial charge in [0, 0.05) is 30.9 Å². The van der Waals surface area contributed by atoms with E-state index < -0.39 is 18.1 Å². The Hall–Kier alpha value is -3.11. The van der Waals surface area contributed by atoms with Crippen molar-refractivity contribution in [1.29, 1.82) is 0 Å². The first-order valence-corrected chi connectivity index (χ1v) is 8.25. The molecule has 0 aliphatic rings. The van der Waals surface area contributed by atoms with Crippen LogP contribution in [0.5, 0.6) is 0 Å². The molecule has 0 saturated heterocycles. The van der Waals surface area contributed by atoms with Crippen molar-refractivity contribution in [3.05, 3.63) is 78.0 Å². The van der Waals surface area contributed by atoms with Gasteiger partial charge in [-0.3, -0.25) is 10.1 Å². The third-order valence-corrected chi connectivity index (χ3v) is 3.78. The molecule has 2 atom stereocenters. The smallest absolute Gasteiger partial charge is 0.257 e. The number of carbonyl (C=O) groups is 1. The number of nitrogens with one attached hydrogen (secondary N) is 1. The minimum absolute atomic E-state index is 0.0956. The van der Waals surface area contributed by atoms with Crippen LogP contribution in [-0.2, 0) is 9.68 Å². The van der Waals surface area contributed by atoms with Crippen LogP contribution >= 0.6 is 0 Å². The lowest BCUT2D eigenvalue weighted by Gasteiger charge is -2.24. The summed E-state index contributed by atoms with van der Waals surface area (Å²) in [5, 5.41) is 22.3. The zero-order chi connectivity index (χ0) is 19.8. The Morgan fingerprint density at radius 2 is 1.74 bits per heavy atom. The monoisotopic (exact) mass is 366 g/mol. The van der Waals surface area contributed by atoms with E-state index >= 15 is 0 Å². The highest BCUT2D eigenvalue weighted by molar-refractivity contribution is 5.81. The zero-order valence-electron chi connectivity index (χ0n) is 15.2. The van der Waals surface area contributed by atoms with Crippen LogP contribution in [0, 0.1) is 11.8 Å². The molecule has 6 heteroatoms. The molecule has 140 valence electrons. The van der Waals surface area contributed by atoms with Gasteiger partial charge in [0.05, 0.1) is 5.69 Å². The quantitative estimate of drug-likeness (QED) is 0.415. The minimum Gasteiger partial charge on any atom is -0.383 e. The van der Waals surface area contributed by atoms with E-state index in [4.69, 9.17) is 5.26 Å². The van der Waals surface area contributed by atoms with E-state index in [2.05, 4.69) is 28.6 Å². The standard InChI is InChI=1S/C21H22N2O4/c1-15(19(24)20(27-26)21(25)23(2)3)22-18-12-8-7-11-17(18)14-13-16-9-5-4-6-10-16/h4-12,19-20,22,24,26H,1H2,2-3H3. The summed E-state index contributed by atoms with van der Waals surface area (Å²) in [6, 6.07) is 16.8. The molecule has 2 unspecified atom stereocenters. The van der Waals surface area contributed by atoms with Crippen molar-refractivity contribution in [2.45, 2.75) is 12.2 Å². The van der Waals surface area contributed by atoms with Crippen LogP contribution in [0.4, 0.5) is 5.69 Å². The van der Waals surface area contributed by atoms with E-state index in [-0.39, 0.29) is 5.70 Å². The van der Waals surface area contributed by atoms with Gasteiger partial charge in [0.2, 0.25) is 6.10 Å². The predicted octanol–water partition coefficient (Wildman–Crippen LogP) is 2.32. The summed E-state index contributed by atoms with van der Waals surface area (Å²) in [6.07, 6.45) is -2.94. The molecular weight excluding hydrogens is 344 g/mol. The number of anilines is 1. The Morgan fingerprint density at radius 3 is 2.37 bits per heavy atom. The summed E-state index contributed by atoms with van der Waals surface area (Å²) < 4.78 is 0. The van der Waals surface area contributed by atoms with Crippen LogP contribution in [0.25, 0.3) is 0 Å². The molecule has 2 rings (SSSR count). The second-order valence-corrected chi connectivity index (χ2v) is 6.02. The fourth-order valence-corrected chi connectivity index (χ4v) is 2.28. The maximum Gasteiger partial charge on any atom is 0.257 e. The number of aliphatic hydroxyl groups excluding tert-OH is 1. The number of carbonyl (C=O) groups excluding carboxylic acids is 1. The number of hydrogen-bond acceptors (Lipinski definition) is 5. The third kappa shape index (κ3) is 5.43. The third-order valence-electron chi connectivity index (χ3n) is 3.78. The first-order valence-electron chi connectivity index (χ1n) is 8.25. The maximum atomic E-state index is 12.0. The molecule has 2 aromatic rings. The van der Waals surface area contributed by atoms with Gasteiger partial charge in [-0.1, -0.05) is 48.8 Å². The van der Waals surface area contributed by atoms with Crippen LogP contribution in [0.2, 0.25) is 0 Å². The average molecular weight is 366 g/mol. The molecule has 0 heterocycles. The fourth-order valence-electron chi connectivity index (χ4n) is 2.28. The first kappa shape index (κ1) is 20.2. The number of nitrogens with zero attached hydrogens (tertiary/aromatic N) is 1. The van der Waals surface area contributed by atoms with Gasteiger partial charge >= 0.3 is 0 Å². The number of likely N-dealkylation sites (N-methyl/N-ethyl adjacent to an activating group) is 1. The molecule has 0 bridgehead atoms. The zero-order valence-corrected chi connectivity index (χ0v) is 15.2. The molecule has 3 N–H and O–H groups in total. The summed E-state index contributed by atoms with van der Waals surface area (Å²) in [4.78, 5) is 17.4. The number of para-hydroxylation sites is 1. The average Bonchev–Trinajstić information content (AvgIpc) is 2.68. The Balaban J connectivity index is 2.19. The fraction of sp³-hybridized carbons (Fsp3) is 0.190. The number of aliphatic hydroxyl groups is 1. The van der Waals surface area contributed by atoms with Crippen molar-refractivity contribution in [2.24, 2.45) is 0 Å². The highest BCUT2D eigenvalue weighted by atomic mass is 17.1. The summed E-state index contributed by atoms with van der Waals surface area (Å²) in [6.45, 7) is 3.75. The summed E-state index contributed by atoms with van der Waals surface area (Å²) in [5.74, 6) is 5.54. The lowest BCUT2D eigenvalue weighted by Crippen LogP contribution is -2.44. The van der Waals surface area contributed by atoms with Crippen molar-refractivity contribution in [3.8, 4) is 11.8 Å². The molecule has 1 amide bonds. The highest BCUT2D eigenvalue weighted by Gasteiger charge is 2.31. The van der Waals surface area contributed by atoms with Crippen molar-refractivity contribution in [3.63, 3.8) is 0 Å². The lowest BCUT2D eigenvalue weighted by molar-refractivity contribution is -0.286. The summed E-state index contributed by atoms with van der Waals surface area (Å²) in [5.41, 5.74) is 2.27. The normalized spacial score (nSPS) is 12.3. The minimum atomic E-state index is -1.48. The van der Waals surface area contributed by atoms with Gasteiger partial charge < -0.3 is 15.3 Å². The predicted molar refractivity (Wildman–Crippen MR) is 104 cm³/mol. The Morgan fingerprint density at radius 1 is 1.11 bits per heavy atom. The molecule has 27 heavy (non-hydrogen) atoms. The summed E-state index contributed by atoms with van der Waals surface area (Å²) >= 11 is 0. The Kier molecular flexibility index (Phi) is 7.15. The molecular formula is C21H22N2O4. The van der Waals surface area contributed by atoms with Gasteiger partial charge in [-0.25, -0.2) is 4.89 Å². The van der Waals surface area contributed by atoms with Crippen LogP contribution in [0.3, 0.4) is 0 Å². The number of hydrogen-bond donors (Lipinski definition) is 3. The van der Waals surface area contributed by atoms with Gasteiger partial charge in [0.1, 0.15) is 6.10 Å². The van der Waals surface area contributed by atoms with Gasteiger partial charge in [-0.2, -0.15) is 0 Å². The van der Waals surface area contributed by atoms with Crippen molar-refractivity contribution < 1.29 is 20.0 Å². The van der Waals surface area contributed by atoms with Crippen LogP contribution in [-0.4, -0.2) is 47.5 Å². The Labute approximate surface area is 158 Å². The topological polar surface area (TPSA) is 82.0 Å². The molecule has 2 aromatic carbocycles.